The van der Waals surface area contributed by atoms with Crippen molar-refractivity contribution in [3.63, 3.8) is 0 Å². The molecule has 70 heavy (non-hydrogen) atoms. The molecule has 15 rings (SSSR count). The van der Waals surface area contributed by atoms with Crippen LogP contribution >= 0.6 is 0 Å². The molecule has 0 N–H and O–H groups in total. The van der Waals surface area contributed by atoms with E-state index in [0.29, 0.717) is 0 Å². The Hall–Kier alpha value is -8.98. The zero-order valence-corrected chi connectivity index (χ0v) is 38.4. The summed E-state index contributed by atoms with van der Waals surface area (Å²) in [4.78, 5) is 2.39. The lowest BCUT2D eigenvalue weighted by Gasteiger charge is -2.30. The van der Waals surface area contributed by atoms with Crippen LogP contribution in [0, 0.1) is 0 Å². The third kappa shape index (κ3) is 5.44. The summed E-state index contributed by atoms with van der Waals surface area (Å²) in [5.41, 5.74) is 27.8. The third-order valence-corrected chi connectivity index (χ3v) is 15.6. The molecule has 0 unspecified atom stereocenters. The average Bonchev–Trinajstić information content (AvgIpc) is 4.16. The molecule has 0 aliphatic heterocycles. The molecule has 0 fully saturated rings. The van der Waals surface area contributed by atoms with Crippen LogP contribution in [-0.4, -0.2) is 4.57 Å². The highest BCUT2D eigenvalue weighted by atomic mass is 15.1. The van der Waals surface area contributed by atoms with Crippen molar-refractivity contribution in [2.45, 2.75) is 11.8 Å². The Morgan fingerprint density at radius 1 is 0.329 bits per heavy atom. The fourth-order valence-corrected chi connectivity index (χ4v) is 12.8. The van der Waals surface area contributed by atoms with Crippen LogP contribution in [0.3, 0.4) is 0 Å². The first-order valence-electron chi connectivity index (χ1n) is 24.5. The van der Waals surface area contributed by atoms with Crippen molar-refractivity contribution in [3.8, 4) is 61.3 Å². The van der Waals surface area contributed by atoms with Gasteiger partial charge in [-0.25, -0.2) is 0 Å². The Morgan fingerprint density at radius 3 is 1.51 bits per heavy atom. The van der Waals surface area contributed by atoms with Gasteiger partial charge in [0.25, 0.3) is 0 Å². The highest BCUT2D eigenvalue weighted by molar-refractivity contribution is 6.12. The van der Waals surface area contributed by atoms with Crippen LogP contribution in [0.4, 0.5) is 17.1 Å². The lowest BCUT2D eigenvalue weighted by Crippen LogP contribution is -2.25. The lowest BCUT2D eigenvalue weighted by atomic mass is 9.70. The molecule has 0 amide bonds. The normalized spacial score (nSPS) is 13.2. The minimum absolute atomic E-state index is 0.382. The molecular formula is C68H44N2. The number of hydrogen-bond acceptors (Lipinski definition) is 1. The van der Waals surface area contributed by atoms with E-state index >= 15 is 0 Å². The van der Waals surface area contributed by atoms with Gasteiger partial charge in [-0.2, -0.15) is 0 Å². The van der Waals surface area contributed by atoms with Crippen LogP contribution in [-0.2, 0) is 11.8 Å². The number of fused-ring (bicyclic) bond motifs is 17. The molecule has 1 heterocycles. The molecule has 2 nitrogen and oxygen atoms in total. The van der Waals surface area contributed by atoms with Crippen LogP contribution in [0.2, 0.25) is 0 Å². The average molecular weight is 889 g/mol. The molecular weight excluding hydrogens is 845 g/mol. The largest absolute Gasteiger partial charge is 0.310 e. The molecule has 2 heteroatoms. The fraction of sp³-hybridized carbons (Fsp3) is 0.0294. The minimum atomic E-state index is -0.382. The van der Waals surface area contributed by atoms with Gasteiger partial charge >= 0.3 is 0 Å². The van der Waals surface area contributed by atoms with Gasteiger partial charge in [-0.3, -0.25) is 0 Å². The van der Waals surface area contributed by atoms with E-state index in [1.165, 1.54) is 117 Å². The van der Waals surface area contributed by atoms with Gasteiger partial charge in [-0.15, -0.1) is 0 Å². The molecule has 3 aliphatic rings. The van der Waals surface area contributed by atoms with Crippen molar-refractivity contribution < 1.29 is 0 Å². The Labute approximate surface area is 407 Å². The zero-order valence-electron chi connectivity index (χ0n) is 38.4. The van der Waals surface area contributed by atoms with Crippen LogP contribution in [0.15, 0.2) is 255 Å². The first-order chi connectivity index (χ1) is 34.7. The quantitative estimate of drug-likeness (QED) is 0.161. The number of anilines is 3. The number of aromatic nitrogens is 1. The van der Waals surface area contributed by atoms with Gasteiger partial charge in [0.2, 0.25) is 0 Å². The minimum Gasteiger partial charge on any atom is -0.310 e. The van der Waals surface area contributed by atoms with Crippen LogP contribution in [0.1, 0.15) is 33.4 Å². The maximum atomic E-state index is 2.55. The molecule has 0 saturated carbocycles. The maximum absolute atomic E-state index is 2.55. The van der Waals surface area contributed by atoms with Crippen molar-refractivity contribution in [1.29, 1.82) is 0 Å². The van der Waals surface area contributed by atoms with E-state index in [1.807, 2.05) is 0 Å². The van der Waals surface area contributed by atoms with Crippen molar-refractivity contribution in [2.75, 3.05) is 4.90 Å². The molecule has 0 radical (unpaired) electrons. The van der Waals surface area contributed by atoms with Crippen molar-refractivity contribution in [1.82, 2.24) is 4.57 Å². The number of para-hydroxylation sites is 1. The lowest BCUT2D eigenvalue weighted by molar-refractivity contribution is 0.793. The molecule has 0 bridgehead atoms. The maximum Gasteiger partial charge on any atom is 0.0725 e. The molecule has 11 aromatic carbocycles. The monoisotopic (exact) mass is 888 g/mol. The highest BCUT2D eigenvalue weighted by Crippen LogP contribution is 2.65. The number of benzene rings is 11. The van der Waals surface area contributed by atoms with Gasteiger partial charge < -0.3 is 9.47 Å². The van der Waals surface area contributed by atoms with E-state index in [0.717, 1.165) is 23.5 Å². The van der Waals surface area contributed by atoms with E-state index in [2.05, 4.69) is 264 Å². The van der Waals surface area contributed by atoms with Crippen molar-refractivity contribution in [2.24, 2.45) is 0 Å². The van der Waals surface area contributed by atoms with Gasteiger partial charge in [-0.1, -0.05) is 194 Å². The third-order valence-electron chi connectivity index (χ3n) is 15.6. The summed E-state index contributed by atoms with van der Waals surface area (Å²) in [5, 5.41) is 2.45. The molecule has 326 valence electrons. The number of rotatable bonds is 6. The first kappa shape index (κ1) is 39.1. The predicted molar refractivity (Wildman–Crippen MR) is 291 cm³/mol. The first-order valence-corrected chi connectivity index (χ1v) is 24.5. The molecule has 1 aromatic heterocycles. The van der Waals surface area contributed by atoms with E-state index < -0.39 is 0 Å². The van der Waals surface area contributed by atoms with Crippen molar-refractivity contribution in [3.05, 3.63) is 288 Å². The van der Waals surface area contributed by atoms with Crippen LogP contribution < -0.4 is 4.90 Å². The summed E-state index contributed by atoms with van der Waals surface area (Å²) in [5.74, 6) is 0. The van der Waals surface area contributed by atoms with E-state index in [-0.39, 0.29) is 5.41 Å². The standard InChI is InChI=1S/C68H44N2/c1-4-17-44(18-5-1)46-31-35-50(36-32-46)69(49-21-8-3-9-22-49)51-37-40-65-58(43-51)57-41-47(45-19-6-2-7-20-45)34-39-64(57)70(65)63-30-16-26-54-56(63)42-48-33-38-62-67(66(48)54)55-25-12-15-29-61(55)68(62)59-27-13-10-23-52(59)53-24-11-14-28-60(53)68/h1-41,43H,42H2. The smallest absolute Gasteiger partial charge is 0.0725 e. The summed E-state index contributed by atoms with van der Waals surface area (Å²) < 4.78 is 2.55. The van der Waals surface area contributed by atoms with E-state index in [4.69, 9.17) is 0 Å². The summed E-state index contributed by atoms with van der Waals surface area (Å²) in [6.07, 6.45) is 0.860. The van der Waals surface area contributed by atoms with Crippen LogP contribution in [0.25, 0.3) is 83.1 Å². The predicted octanol–water partition coefficient (Wildman–Crippen LogP) is 17.5. The molecule has 0 saturated heterocycles. The van der Waals surface area contributed by atoms with E-state index in [9.17, 15) is 0 Å². The number of hydrogen-bond donors (Lipinski definition) is 0. The summed E-state index contributed by atoms with van der Waals surface area (Å²) in [6, 6.07) is 94.7. The second-order valence-corrected chi connectivity index (χ2v) is 19.1. The van der Waals surface area contributed by atoms with Gasteiger partial charge in [0.05, 0.1) is 22.1 Å². The fourth-order valence-electron chi connectivity index (χ4n) is 12.8. The number of nitrogens with zero attached hydrogens (tertiary/aromatic N) is 2. The van der Waals surface area contributed by atoms with E-state index in [1.54, 1.807) is 0 Å². The topological polar surface area (TPSA) is 8.17 Å². The van der Waals surface area contributed by atoms with Crippen molar-refractivity contribution >= 4 is 38.9 Å². The zero-order chi connectivity index (χ0) is 45.9. The Balaban J connectivity index is 0.938. The van der Waals surface area contributed by atoms with Gasteiger partial charge in [0.1, 0.15) is 0 Å². The highest BCUT2D eigenvalue weighted by Gasteiger charge is 2.52. The summed E-state index contributed by atoms with van der Waals surface area (Å²) in [7, 11) is 0. The molecule has 0 atom stereocenters. The molecule has 1 spiro atoms. The Kier molecular flexibility index (Phi) is 8.38. The summed E-state index contributed by atoms with van der Waals surface area (Å²) >= 11 is 0. The SMILES string of the molecule is c1ccc(-c2ccc(N(c3ccccc3)c3ccc4c(c3)c3cc(-c5ccccc5)ccc3n4-c3cccc4c3Cc3ccc5c(c3-4)-c3ccccc3C53c4ccccc4-c4ccccc43)cc2)cc1. The summed E-state index contributed by atoms with van der Waals surface area (Å²) in [6.45, 7) is 0. The van der Waals surface area contributed by atoms with Gasteiger partial charge in [-0.05, 0) is 150 Å². The second kappa shape index (κ2) is 15.0. The van der Waals surface area contributed by atoms with Crippen LogP contribution in [0.5, 0.6) is 0 Å². The Bertz CT molecular complexity index is 4020. The molecule has 3 aliphatic carbocycles. The molecule has 12 aromatic rings. The second-order valence-electron chi connectivity index (χ2n) is 19.1. The Morgan fingerprint density at radius 2 is 0.829 bits per heavy atom. The van der Waals surface area contributed by atoms with Gasteiger partial charge in [0.15, 0.2) is 0 Å². The van der Waals surface area contributed by atoms with Gasteiger partial charge in [0, 0.05) is 34.3 Å².